The van der Waals surface area contributed by atoms with Gasteiger partial charge >= 0.3 is 6.03 Å². The Morgan fingerprint density at radius 2 is 1.82 bits per heavy atom. The molecule has 0 spiro atoms. The molecule has 2 rings (SSSR count). The standard InChI is InChI=1S/C15H20N4O3/c1-11(20)19-9-8-18(10-13(19)14(21)16-2)15(22)17-12-6-4-3-5-7-12/h3-7,13H,8-10H2,1-2H3,(H,16,21)(H,17,22). The van der Waals surface area contributed by atoms with Gasteiger partial charge in [0.2, 0.25) is 11.8 Å². The topological polar surface area (TPSA) is 81.8 Å². The van der Waals surface area contributed by atoms with Crippen molar-refractivity contribution in [3.05, 3.63) is 30.3 Å². The predicted octanol–water partition coefficient (Wildman–Crippen LogP) is 0.497. The largest absolute Gasteiger partial charge is 0.357 e. The van der Waals surface area contributed by atoms with E-state index in [4.69, 9.17) is 0 Å². The number of hydrogen-bond donors (Lipinski definition) is 2. The minimum absolute atomic E-state index is 0.170. The Hall–Kier alpha value is -2.57. The van der Waals surface area contributed by atoms with Crippen LogP contribution in [-0.2, 0) is 9.59 Å². The van der Waals surface area contributed by atoms with Crippen molar-refractivity contribution < 1.29 is 14.4 Å². The summed E-state index contributed by atoms with van der Waals surface area (Å²) in [5.74, 6) is -0.441. The van der Waals surface area contributed by atoms with Crippen molar-refractivity contribution in [1.82, 2.24) is 15.1 Å². The number of rotatable bonds is 2. The average Bonchev–Trinajstić information content (AvgIpc) is 2.54. The van der Waals surface area contributed by atoms with Crippen molar-refractivity contribution in [3.63, 3.8) is 0 Å². The molecule has 1 heterocycles. The van der Waals surface area contributed by atoms with Gasteiger partial charge in [0.25, 0.3) is 0 Å². The van der Waals surface area contributed by atoms with Crippen LogP contribution in [0.2, 0.25) is 0 Å². The van der Waals surface area contributed by atoms with E-state index in [1.807, 2.05) is 18.2 Å². The van der Waals surface area contributed by atoms with Gasteiger partial charge in [-0.1, -0.05) is 18.2 Å². The molecule has 1 aliphatic heterocycles. The molecule has 7 heteroatoms. The second kappa shape index (κ2) is 6.93. The lowest BCUT2D eigenvalue weighted by Gasteiger charge is -2.39. The van der Waals surface area contributed by atoms with Crippen molar-refractivity contribution in [2.45, 2.75) is 13.0 Å². The molecule has 1 unspecified atom stereocenters. The molecule has 0 saturated carbocycles. The highest BCUT2D eigenvalue weighted by molar-refractivity contribution is 5.91. The van der Waals surface area contributed by atoms with E-state index in [1.165, 1.54) is 18.9 Å². The van der Waals surface area contributed by atoms with Crippen molar-refractivity contribution >= 4 is 23.5 Å². The molecule has 1 aromatic carbocycles. The summed E-state index contributed by atoms with van der Waals surface area (Å²) in [6, 6.07) is 8.18. The smallest absolute Gasteiger partial charge is 0.321 e. The Kier molecular flexibility index (Phi) is 4.98. The Morgan fingerprint density at radius 3 is 2.41 bits per heavy atom. The van der Waals surface area contributed by atoms with E-state index in [1.54, 1.807) is 17.0 Å². The number of anilines is 1. The molecule has 1 atom stereocenters. The van der Waals surface area contributed by atoms with Gasteiger partial charge in [-0.3, -0.25) is 9.59 Å². The second-order valence-corrected chi connectivity index (χ2v) is 5.08. The van der Waals surface area contributed by atoms with Crippen molar-refractivity contribution in [2.24, 2.45) is 0 Å². The van der Waals surface area contributed by atoms with E-state index in [-0.39, 0.29) is 24.4 Å². The molecule has 0 bridgehead atoms. The molecular formula is C15H20N4O3. The molecule has 0 aromatic heterocycles. The lowest BCUT2D eigenvalue weighted by Crippen LogP contribution is -2.61. The Balaban J connectivity index is 2.05. The fourth-order valence-electron chi connectivity index (χ4n) is 2.46. The summed E-state index contributed by atoms with van der Waals surface area (Å²) in [6.45, 7) is 2.34. The minimum atomic E-state index is -0.655. The van der Waals surface area contributed by atoms with Crippen LogP contribution in [0.3, 0.4) is 0 Å². The van der Waals surface area contributed by atoms with Crippen molar-refractivity contribution in [3.8, 4) is 0 Å². The highest BCUT2D eigenvalue weighted by atomic mass is 16.2. The molecule has 0 radical (unpaired) electrons. The number of hydrogen-bond acceptors (Lipinski definition) is 3. The second-order valence-electron chi connectivity index (χ2n) is 5.08. The molecule has 1 saturated heterocycles. The van der Waals surface area contributed by atoms with Gasteiger partial charge < -0.3 is 20.4 Å². The van der Waals surface area contributed by atoms with Gasteiger partial charge in [0.15, 0.2) is 0 Å². The van der Waals surface area contributed by atoms with Gasteiger partial charge in [-0.2, -0.15) is 0 Å². The molecular weight excluding hydrogens is 284 g/mol. The van der Waals surface area contributed by atoms with Crippen LogP contribution in [0.25, 0.3) is 0 Å². The van der Waals surface area contributed by atoms with Crippen LogP contribution in [-0.4, -0.2) is 60.4 Å². The molecule has 0 aliphatic carbocycles. The molecule has 1 aromatic rings. The lowest BCUT2D eigenvalue weighted by atomic mass is 10.1. The van der Waals surface area contributed by atoms with Crippen LogP contribution in [0, 0.1) is 0 Å². The van der Waals surface area contributed by atoms with Gasteiger partial charge in [0.05, 0.1) is 6.54 Å². The molecule has 2 N–H and O–H groups in total. The van der Waals surface area contributed by atoms with Crippen LogP contribution in [0.4, 0.5) is 10.5 Å². The van der Waals surface area contributed by atoms with Gasteiger partial charge in [0.1, 0.15) is 6.04 Å². The maximum atomic E-state index is 12.3. The van der Waals surface area contributed by atoms with Crippen molar-refractivity contribution in [2.75, 3.05) is 32.0 Å². The normalized spacial score (nSPS) is 17.8. The first-order valence-corrected chi connectivity index (χ1v) is 7.12. The lowest BCUT2D eigenvalue weighted by molar-refractivity contribution is -0.141. The number of likely N-dealkylation sites (N-methyl/N-ethyl adjacent to an activating group) is 1. The maximum absolute atomic E-state index is 12.3. The number of benzene rings is 1. The first kappa shape index (κ1) is 15.8. The zero-order valence-electron chi connectivity index (χ0n) is 12.7. The molecule has 4 amide bonds. The monoisotopic (exact) mass is 304 g/mol. The fourth-order valence-corrected chi connectivity index (χ4v) is 2.46. The minimum Gasteiger partial charge on any atom is -0.357 e. The van der Waals surface area contributed by atoms with E-state index in [0.29, 0.717) is 18.8 Å². The summed E-state index contributed by atoms with van der Waals surface area (Å²) in [7, 11) is 1.52. The number of urea groups is 1. The van der Waals surface area contributed by atoms with Crippen LogP contribution < -0.4 is 10.6 Å². The summed E-state index contributed by atoms with van der Waals surface area (Å²) in [5, 5.41) is 5.32. The number of para-hydroxylation sites is 1. The molecule has 118 valence electrons. The zero-order chi connectivity index (χ0) is 16.1. The highest BCUT2D eigenvalue weighted by Gasteiger charge is 2.35. The first-order valence-electron chi connectivity index (χ1n) is 7.12. The Morgan fingerprint density at radius 1 is 1.14 bits per heavy atom. The van der Waals surface area contributed by atoms with Gasteiger partial charge in [-0.25, -0.2) is 4.79 Å². The van der Waals surface area contributed by atoms with Crippen molar-refractivity contribution in [1.29, 1.82) is 0 Å². The molecule has 22 heavy (non-hydrogen) atoms. The molecule has 7 nitrogen and oxygen atoms in total. The SMILES string of the molecule is CNC(=O)C1CN(C(=O)Nc2ccccc2)CCN1C(C)=O. The Labute approximate surface area is 129 Å². The molecule has 1 aliphatic rings. The van der Waals surface area contributed by atoms with Crippen LogP contribution >= 0.6 is 0 Å². The summed E-state index contributed by atoms with van der Waals surface area (Å²) in [6.07, 6.45) is 0. The number of nitrogens with one attached hydrogen (secondary N) is 2. The van der Waals surface area contributed by atoms with Gasteiger partial charge in [0, 0.05) is 32.7 Å². The van der Waals surface area contributed by atoms with E-state index >= 15 is 0 Å². The summed E-state index contributed by atoms with van der Waals surface area (Å²) >= 11 is 0. The van der Waals surface area contributed by atoms with Gasteiger partial charge in [-0.15, -0.1) is 0 Å². The van der Waals surface area contributed by atoms with E-state index < -0.39 is 6.04 Å². The van der Waals surface area contributed by atoms with E-state index in [2.05, 4.69) is 10.6 Å². The number of amides is 4. The molecule has 1 fully saturated rings. The fraction of sp³-hybridized carbons (Fsp3) is 0.400. The quantitative estimate of drug-likeness (QED) is 0.834. The third-order valence-corrected chi connectivity index (χ3v) is 3.65. The average molecular weight is 304 g/mol. The predicted molar refractivity (Wildman–Crippen MR) is 82.3 cm³/mol. The van der Waals surface area contributed by atoms with E-state index in [9.17, 15) is 14.4 Å². The zero-order valence-corrected chi connectivity index (χ0v) is 12.7. The third-order valence-electron chi connectivity index (χ3n) is 3.65. The van der Waals surface area contributed by atoms with E-state index in [0.717, 1.165) is 0 Å². The third kappa shape index (κ3) is 3.55. The summed E-state index contributed by atoms with van der Waals surface area (Å²) in [4.78, 5) is 38.9. The number of carbonyl (C=O) groups is 3. The number of carbonyl (C=O) groups excluding carboxylic acids is 3. The number of piperazine rings is 1. The van der Waals surface area contributed by atoms with Crippen LogP contribution in [0.5, 0.6) is 0 Å². The summed E-state index contributed by atoms with van der Waals surface area (Å²) < 4.78 is 0. The van der Waals surface area contributed by atoms with Gasteiger partial charge in [-0.05, 0) is 12.1 Å². The van der Waals surface area contributed by atoms with Crippen LogP contribution in [0.15, 0.2) is 30.3 Å². The maximum Gasteiger partial charge on any atom is 0.321 e. The van der Waals surface area contributed by atoms with Crippen LogP contribution in [0.1, 0.15) is 6.92 Å². The highest BCUT2D eigenvalue weighted by Crippen LogP contribution is 2.13. The number of nitrogens with zero attached hydrogens (tertiary/aromatic N) is 2. The Bertz CT molecular complexity index is 561. The summed E-state index contributed by atoms with van der Waals surface area (Å²) in [5.41, 5.74) is 0.693. The first-order chi connectivity index (χ1) is 10.5.